The lowest BCUT2D eigenvalue weighted by Crippen LogP contribution is -1.94. The molecule has 3 aromatic rings. The molecule has 0 fully saturated rings. The third kappa shape index (κ3) is 2.20. The highest BCUT2D eigenvalue weighted by molar-refractivity contribution is 7.14. The monoisotopic (exact) mass is 259 g/mol. The first-order valence-corrected chi connectivity index (χ1v) is 6.85. The largest absolute Gasteiger partial charge is 0.316 e. The summed E-state index contributed by atoms with van der Waals surface area (Å²) in [7, 11) is 0. The molecular weight excluding hydrogens is 250 g/mol. The van der Waals surface area contributed by atoms with Crippen molar-refractivity contribution in [3.63, 3.8) is 0 Å². The van der Waals surface area contributed by atoms with Crippen LogP contribution in [-0.2, 0) is 0 Å². The maximum absolute atomic E-state index is 4.37. The smallest absolute Gasteiger partial charge is 0.188 e. The molecule has 0 radical (unpaired) electrons. The second-order valence-corrected chi connectivity index (χ2v) is 5.18. The average molecular weight is 259 g/mol. The Labute approximate surface area is 107 Å². The van der Waals surface area contributed by atoms with Gasteiger partial charge in [0, 0.05) is 28.2 Å². The van der Waals surface area contributed by atoms with E-state index in [9.17, 15) is 0 Å². The molecule has 0 spiro atoms. The van der Waals surface area contributed by atoms with Gasteiger partial charge in [-0.15, -0.1) is 22.7 Å². The number of aromatic nitrogens is 2. The summed E-state index contributed by atoms with van der Waals surface area (Å²) in [6.45, 7) is 0. The summed E-state index contributed by atoms with van der Waals surface area (Å²) in [5, 5.41) is 8.11. The Morgan fingerprint density at radius 1 is 0.941 bits per heavy atom. The molecule has 0 saturated heterocycles. The van der Waals surface area contributed by atoms with Crippen LogP contribution in [-0.4, -0.2) is 9.97 Å². The van der Waals surface area contributed by atoms with Crippen molar-refractivity contribution in [2.45, 2.75) is 0 Å². The molecule has 3 nitrogen and oxygen atoms in total. The topological polar surface area (TPSA) is 37.8 Å². The Morgan fingerprint density at radius 2 is 1.94 bits per heavy atom. The number of nitrogens with one attached hydrogen (secondary N) is 1. The number of thiophene rings is 1. The molecule has 0 aliphatic carbocycles. The first-order valence-electron chi connectivity index (χ1n) is 5.09. The average Bonchev–Trinajstić information content (AvgIpc) is 3.01. The number of anilines is 2. The third-order valence-corrected chi connectivity index (χ3v) is 3.84. The van der Waals surface area contributed by atoms with Crippen LogP contribution < -0.4 is 5.32 Å². The highest BCUT2D eigenvalue weighted by Gasteiger charge is 2.07. The van der Waals surface area contributed by atoms with Crippen LogP contribution in [0.2, 0.25) is 0 Å². The van der Waals surface area contributed by atoms with Crippen molar-refractivity contribution < 1.29 is 0 Å². The second kappa shape index (κ2) is 4.65. The number of hydrogen-bond donors (Lipinski definition) is 1. The van der Waals surface area contributed by atoms with Gasteiger partial charge in [0.1, 0.15) is 5.82 Å². The van der Waals surface area contributed by atoms with Crippen LogP contribution >= 0.6 is 22.7 Å². The van der Waals surface area contributed by atoms with Crippen molar-refractivity contribution in [3.05, 3.63) is 47.4 Å². The van der Waals surface area contributed by atoms with Gasteiger partial charge in [-0.2, -0.15) is 0 Å². The van der Waals surface area contributed by atoms with Crippen molar-refractivity contribution >= 4 is 33.6 Å². The number of nitrogens with zero attached hydrogens (tertiary/aromatic N) is 2. The normalized spacial score (nSPS) is 10.4. The Hall–Kier alpha value is -1.72. The van der Waals surface area contributed by atoms with Crippen molar-refractivity contribution in [3.8, 4) is 10.4 Å². The molecule has 0 aliphatic rings. The van der Waals surface area contributed by atoms with Gasteiger partial charge in [0.05, 0.1) is 0 Å². The molecule has 1 N–H and O–H groups in total. The lowest BCUT2D eigenvalue weighted by molar-refractivity contribution is 1.29. The van der Waals surface area contributed by atoms with E-state index >= 15 is 0 Å². The van der Waals surface area contributed by atoms with E-state index in [0.717, 1.165) is 16.5 Å². The molecule has 0 unspecified atom stereocenters. The van der Waals surface area contributed by atoms with Crippen molar-refractivity contribution in [1.29, 1.82) is 0 Å². The molecule has 0 bridgehead atoms. The van der Waals surface area contributed by atoms with E-state index < -0.39 is 0 Å². The molecule has 0 atom stereocenters. The molecule has 84 valence electrons. The lowest BCUT2D eigenvalue weighted by atomic mass is 10.2. The fourth-order valence-corrected chi connectivity index (χ4v) is 2.80. The van der Waals surface area contributed by atoms with Crippen molar-refractivity contribution in [2.24, 2.45) is 0 Å². The molecule has 0 aromatic carbocycles. The zero-order chi connectivity index (χ0) is 11.5. The Morgan fingerprint density at radius 3 is 2.71 bits per heavy atom. The fraction of sp³-hybridized carbons (Fsp3) is 0. The minimum Gasteiger partial charge on any atom is -0.316 e. The number of pyridine rings is 1. The summed E-state index contributed by atoms with van der Waals surface area (Å²) in [5.74, 6) is 0.852. The Bertz CT molecular complexity index is 588. The molecule has 3 rings (SSSR count). The predicted octanol–water partition coefficient (Wildman–Crippen LogP) is 4.01. The van der Waals surface area contributed by atoms with E-state index in [-0.39, 0.29) is 0 Å². The van der Waals surface area contributed by atoms with Gasteiger partial charge in [-0.05, 0) is 23.6 Å². The van der Waals surface area contributed by atoms with Crippen LogP contribution in [0.3, 0.4) is 0 Å². The maximum Gasteiger partial charge on any atom is 0.188 e. The van der Waals surface area contributed by atoms with Crippen LogP contribution in [0.5, 0.6) is 0 Å². The molecule has 0 saturated carbocycles. The van der Waals surface area contributed by atoms with Gasteiger partial charge in [-0.3, -0.25) is 0 Å². The number of rotatable bonds is 3. The Kier molecular flexibility index (Phi) is 2.85. The zero-order valence-corrected chi connectivity index (χ0v) is 10.5. The van der Waals surface area contributed by atoms with Crippen LogP contribution in [0, 0.1) is 0 Å². The van der Waals surface area contributed by atoms with Gasteiger partial charge in [-0.1, -0.05) is 6.07 Å². The predicted molar refractivity (Wildman–Crippen MR) is 72.9 cm³/mol. The molecular formula is C12H9N3S2. The third-order valence-electron chi connectivity index (χ3n) is 2.25. The summed E-state index contributed by atoms with van der Waals surface area (Å²) in [6.07, 6.45) is 3.56. The first-order chi connectivity index (χ1) is 8.43. The molecule has 5 heteroatoms. The summed E-state index contributed by atoms with van der Waals surface area (Å²) < 4.78 is 0. The molecule has 17 heavy (non-hydrogen) atoms. The van der Waals surface area contributed by atoms with Gasteiger partial charge in [0.2, 0.25) is 0 Å². The van der Waals surface area contributed by atoms with E-state index in [1.807, 2.05) is 17.5 Å². The minimum absolute atomic E-state index is 0.852. The van der Waals surface area contributed by atoms with Gasteiger partial charge < -0.3 is 5.32 Å². The van der Waals surface area contributed by atoms with E-state index in [4.69, 9.17) is 0 Å². The standard InChI is InChI=1S/C12H9N3S2/c1-3-9(10-4-2-7-16-10)11(13-5-1)15-12-14-6-8-17-12/h1-8H,(H,13,14,15). The maximum atomic E-state index is 4.37. The van der Waals surface area contributed by atoms with E-state index in [1.165, 1.54) is 4.88 Å². The number of hydrogen-bond acceptors (Lipinski definition) is 5. The summed E-state index contributed by atoms with van der Waals surface area (Å²) in [4.78, 5) is 9.78. The quantitative estimate of drug-likeness (QED) is 0.772. The Balaban J connectivity index is 1.99. The zero-order valence-electron chi connectivity index (χ0n) is 8.83. The SMILES string of the molecule is c1csc(-c2cccnc2Nc2nccs2)c1. The first kappa shape index (κ1) is 10.4. The fourth-order valence-electron chi connectivity index (χ4n) is 1.52. The van der Waals surface area contributed by atoms with Crippen LogP contribution in [0.1, 0.15) is 0 Å². The van der Waals surface area contributed by atoms with E-state index in [0.29, 0.717) is 0 Å². The highest BCUT2D eigenvalue weighted by Crippen LogP contribution is 2.31. The van der Waals surface area contributed by atoms with Gasteiger partial charge in [0.25, 0.3) is 0 Å². The van der Waals surface area contributed by atoms with E-state index in [1.54, 1.807) is 35.1 Å². The van der Waals surface area contributed by atoms with Crippen LogP contribution in [0.4, 0.5) is 10.9 Å². The van der Waals surface area contributed by atoms with Gasteiger partial charge in [0.15, 0.2) is 5.13 Å². The van der Waals surface area contributed by atoms with Gasteiger partial charge >= 0.3 is 0 Å². The van der Waals surface area contributed by atoms with Gasteiger partial charge in [-0.25, -0.2) is 9.97 Å². The van der Waals surface area contributed by atoms with E-state index in [2.05, 4.69) is 32.8 Å². The van der Waals surface area contributed by atoms with Crippen molar-refractivity contribution in [2.75, 3.05) is 5.32 Å². The molecule has 3 heterocycles. The molecule has 3 aromatic heterocycles. The minimum atomic E-state index is 0.852. The second-order valence-electron chi connectivity index (χ2n) is 3.34. The summed E-state index contributed by atoms with van der Waals surface area (Å²) >= 11 is 3.27. The summed E-state index contributed by atoms with van der Waals surface area (Å²) in [5.41, 5.74) is 1.11. The van der Waals surface area contributed by atoms with Crippen molar-refractivity contribution in [1.82, 2.24) is 9.97 Å². The van der Waals surface area contributed by atoms with Crippen LogP contribution in [0.25, 0.3) is 10.4 Å². The highest BCUT2D eigenvalue weighted by atomic mass is 32.1. The summed E-state index contributed by atoms with van der Waals surface area (Å²) in [6, 6.07) is 8.14. The number of thiazole rings is 1. The molecule has 0 aliphatic heterocycles. The molecule has 0 amide bonds. The van der Waals surface area contributed by atoms with Crippen LogP contribution in [0.15, 0.2) is 47.4 Å². The lowest BCUT2D eigenvalue weighted by Gasteiger charge is -2.06.